The lowest BCUT2D eigenvalue weighted by Gasteiger charge is -2.09. The van der Waals surface area contributed by atoms with Gasteiger partial charge < -0.3 is 4.42 Å². The molecule has 150 valence electrons. The van der Waals surface area contributed by atoms with Crippen LogP contribution >= 0.6 is 11.8 Å². The van der Waals surface area contributed by atoms with Crippen molar-refractivity contribution in [2.24, 2.45) is 0 Å². The van der Waals surface area contributed by atoms with Crippen molar-refractivity contribution in [3.63, 3.8) is 0 Å². The van der Waals surface area contributed by atoms with E-state index in [9.17, 15) is 14.9 Å². The van der Waals surface area contributed by atoms with Crippen LogP contribution in [-0.2, 0) is 0 Å². The third kappa shape index (κ3) is 3.87. The number of nitro benzene ring substituents is 1. The molecule has 8 nitrogen and oxygen atoms in total. The Morgan fingerprint density at radius 2 is 1.93 bits per heavy atom. The van der Waals surface area contributed by atoms with Gasteiger partial charge in [-0.05, 0) is 25.1 Å². The van der Waals surface area contributed by atoms with E-state index in [1.165, 1.54) is 30.0 Å². The summed E-state index contributed by atoms with van der Waals surface area (Å²) in [6.07, 6.45) is 1.59. The summed E-state index contributed by atoms with van der Waals surface area (Å²) in [5.41, 5.74) is 1.83. The van der Waals surface area contributed by atoms with Gasteiger partial charge in [0.15, 0.2) is 16.8 Å². The Morgan fingerprint density at radius 3 is 2.63 bits per heavy atom. The average Bonchev–Trinajstić information content (AvgIpc) is 3.38. The van der Waals surface area contributed by atoms with Crippen molar-refractivity contribution in [1.29, 1.82) is 0 Å². The van der Waals surface area contributed by atoms with Crippen molar-refractivity contribution in [2.75, 3.05) is 5.75 Å². The molecular weight excluding hydrogens is 404 g/mol. The number of benzene rings is 2. The van der Waals surface area contributed by atoms with E-state index in [4.69, 9.17) is 4.42 Å². The molecule has 4 aromatic rings. The topological polar surface area (TPSA) is 104 Å². The summed E-state index contributed by atoms with van der Waals surface area (Å²) >= 11 is 1.22. The second kappa shape index (κ2) is 8.34. The number of aromatic nitrogens is 3. The zero-order valence-electron chi connectivity index (χ0n) is 15.9. The van der Waals surface area contributed by atoms with Gasteiger partial charge >= 0.3 is 0 Å². The Hall–Kier alpha value is -3.72. The van der Waals surface area contributed by atoms with Crippen LogP contribution in [0.15, 0.2) is 76.5 Å². The molecule has 2 aromatic heterocycles. The number of non-ortho nitro benzene ring substituents is 1. The SMILES string of the molecule is Cc1occc1-c1nnc(SCC(=O)c2cccc([N+](=O)[O-])c2)n1-c1ccccc1. The smallest absolute Gasteiger partial charge is 0.270 e. The van der Waals surface area contributed by atoms with Crippen LogP contribution in [0.5, 0.6) is 0 Å². The van der Waals surface area contributed by atoms with Crippen LogP contribution in [-0.4, -0.2) is 31.2 Å². The van der Waals surface area contributed by atoms with E-state index in [-0.39, 0.29) is 22.8 Å². The molecule has 0 saturated carbocycles. The number of ketones is 1. The number of hydrogen-bond donors (Lipinski definition) is 0. The molecule has 4 rings (SSSR count). The van der Waals surface area contributed by atoms with Crippen molar-refractivity contribution in [2.45, 2.75) is 12.1 Å². The number of thioether (sulfide) groups is 1. The van der Waals surface area contributed by atoms with Crippen LogP contribution in [0.1, 0.15) is 16.1 Å². The monoisotopic (exact) mass is 420 g/mol. The lowest BCUT2D eigenvalue weighted by molar-refractivity contribution is -0.384. The number of furan rings is 1. The van der Waals surface area contributed by atoms with E-state index in [1.807, 2.05) is 47.9 Å². The van der Waals surface area contributed by atoms with Gasteiger partial charge in [0.1, 0.15) is 5.76 Å². The molecule has 0 radical (unpaired) electrons. The number of nitrogens with zero attached hydrogens (tertiary/aromatic N) is 4. The molecule has 2 heterocycles. The second-order valence-electron chi connectivity index (χ2n) is 6.39. The predicted octanol–water partition coefficient (Wildman–Crippen LogP) is 4.72. The maximum absolute atomic E-state index is 12.6. The van der Waals surface area contributed by atoms with E-state index in [0.717, 1.165) is 11.3 Å². The van der Waals surface area contributed by atoms with Gasteiger partial charge in [0.25, 0.3) is 5.69 Å². The highest BCUT2D eigenvalue weighted by atomic mass is 32.2. The molecular formula is C21H16N4O4S. The normalized spacial score (nSPS) is 10.8. The number of Topliss-reactive ketones (excluding diaryl/α,β-unsaturated/α-hetero) is 1. The molecule has 0 aliphatic heterocycles. The van der Waals surface area contributed by atoms with E-state index in [0.29, 0.717) is 16.7 Å². The first kappa shape index (κ1) is 19.6. The molecule has 9 heteroatoms. The zero-order chi connectivity index (χ0) is 21.1. The minimum absolute atomic E-state index is 0.0660. The quantitative estimate of drug-likeness (QED) is 0.184. The third-order valence-corrected chi connectivity index (χ3v) is 5.39. The van der Waals surface area contributed by atoms with E-state index in [1.54, 1.807) is 12.3 Å². The van der Waals surface area contributed by atoms with Crippen molar-refractivity contribution in [3.8, 4) is 17.1 Å². The standard InChI is InChI=1S/C21H16N4O4S/c1-14-18(10-11-29-14)20-22-23-21(24(20)16-7-3-2-4-8-16)30-13-19(26)15-6-5-9-17(12-15)25(27)28/h2-12H,13H2,1H3. The number of hydrogen-bond acceptors (Lipinski definition) is 7. The van der Waals surface area contributed by atoms with Crippen molar-refractivity contribution >= 4 is 23.2 Å². The Labute approximate surface area is 175 Å². The number of nitro groups is 1. The highest BCUT2D eigenvalue weighted by molar-refractivity contribution is 7.99. The molecule has 0 fully saturated rings. The summed E-state index contributed by atoms with van der Waals surface area (Å²) in [6, 6.07) is 17.1. The lowest BCUT2D eigenvalue weighted by Crippen LogP contribution is -2.05. The highest BCUT2D eigenvalue weighted by Crippen LogP contribution is 2.30. The lowest BCUT2D eigenvalue weighted by atomic mass is 10.1. The average molecular weight is 420 g/mol. The number of carbonyl (C=O) groups is 1. The Bertz CT molecular complexity index is 1220. The van der Waals surface area contributed by atoms with Gasteiger partial charge in [-0.2, -0.15) is 0 Å². The van der Waals surface area contributed by atoms with Crippen LogP contribution in [0.2, 0.25) is 0 Å². The summed E-state index contributed by atoms with van der Waals surface area (Å²) in [4.78, 5) is 23.1. The summed E-state index contributed by atoms with van der Waals surface area (Å²) in [7, 11) is 0. The number of aryl methyl sites for hydroxylation is 1. The molecule has 0 unspecified atom stereocenters. The minimum Gasteiger partial charge on any atom is -0.469 e. The van der Waals surface area contributed by atoms with Crippen LogP contribution in [0.4, 0.5) is 5.69 Å². The molecule has 0 N–H and O–H groups in total. The van der Waals surface area contributed by atoms with E-state index in [2.05, 4.69) is 10.2 Å². The largest absolute Gasteiger partial charge is 0.469 e. The molecule has 0 amide bonds. The second-order valence-corrected chi connectivity index (χ2v) is 7.33. The van der Waals surface area contributed by atoms with Crippen molar-refractivity contribution in [3.05, 3.63) is 88.4 Å². The van der Waals surface area contributed by atoms with Gasteiger partial charge in [0, 0.05) is 23.4 Å². The van der Waals surface area contributed by atoms with Gasteiger partial charge in [-0.1, -0.05) is 42.1 Å². The number of para-hydroxylation sites is 1. The molecule has 0 aliphatic carbocycles. The predicted molar refractivity (Wildman–Crippen MR) is 112 cm³/mol. The molecule has 0 aliphatic rings. The fourth-order valence-electron chi connectivity index (χ4n) is 2.97. The molecule has 2 aromatic carbocycles. The Kier molecular flexibility index (Phi) is 5.44. The first-order valence-corrected chi connectivity index (χ1v) is 9.99. The minimum atomic E-state index is -0.518. The molecule has 0 bridgehead atoms. The summed E-state index contributed by atoms with van der Waals surface area (Å²) in [5, 5.41) is 20.1. The van der Waals surface area contributed by atoms with Gasteiger partial charge in [0.2, 0.25) is 0 Å². The van der Waals surface area contributed by atoms with Crippen LogP contribution < -0.4 is 0 Å². The van der Waals surface area contributed by atoms with Gasteiger partial charge in [0.05, 0.1) is 22.5 Å². The Balaban J connectivity index is 1.64. The number of rotatable bonds is 7. The molecule has 0 atom stereocenters. The summed E-state index contributed by atoms with van der Waals surface area (Å²) < 4.78 is 7.27. The Morgan fingerprint density at radius 1 is 1.13 bits per heavy atom. The van der Waals surface area contributed by atoms with Crippen LogP contribution in [0.3, 0.4) is 0 Å². The maximum Gasteiger partial charge on any atom is 0.270 e. The van der Waals surface area contributed by atoms with Crippen LogP contribution in [0, 0.1) is 17.0 Å². The number of carbonyl (C=O) groups excluding carboxylic acids is 1. The molecule has 30 heavy (non-hydrogen) atoms. The van der Waals surface area contributed by atoms with E-state index >= 15 is 0 Å². The van der Waals surface area contributed by atoms with Crippen molar-refractivity contribution < 1.29 is 14.1 Å². The summed E-state index contributed by atoms with van der Waals surface area (Å²) in [6.45, 7) is 1.85. The van der Waals surface area contributed by atoms with Gasteiger partial charge in [-0.25, -0.2) is 0 Å². The fourth-order valence-corrected chi connectivity index (χ4v) is 3.82. The fraction of sp³-hybridized carbons (Fsp3) is 0.0952. The molecule has 0 spiro atoms. The first-order chi connectivity index (χ1) is 14.5. The van der Waals surface area contributed by atoms with Gasteiger partial charge in [-0.3, -0.25) is 19.5 Å². The van der Waals surface area contributed by atoms with Crippen LogP contribution in [0.25, 0.3) is 17.1 Å². The van der Waals surface area contributed by atoms with E-state index < -0.39 is 4.92 Å². The highest BCUT2D eigenvalue weighted by Gasteiger charge is 2.20. The molecule has 0 saturated heterocycles. The maximum atomic E-state index is 12.6. The van der Waals surface area contributed by atoms with Gasteiger partial charge in [-0.15, -0.1) is 10.2 Å². The third-order valence-electron chi connectivity index (χ3n) is 4.46. The first-order valence-electron chi connectivity index (χ1n) is 9.00. The zero-order valence-corrected chi connectivity index (χ0v) is 16.7. The summed E-state index contributed by atoms with van der Waals surface area (Å²) in [5.74, 6) is 1.16. The van der Waals surface area contributed by atoms with Crippen molar-refractivity contribution in [1.82, 2.24) is 14.8 Å².